The molecule has 176 valence electrons. The van der Waals surface area contributed by atoms with Crippen LogP contribution in [0.2, 0.25) is 5.02 Å². The number of hydrogen-bond donors (Lipinski definition) is 1. The molecule has 1 aromatic heterocycles. The van der Waals surface area contributed by atoms with Gasteiger partial charge in [0.25, 0.3) is 5.91 Å². The molecule has 6 nitrogen and oxygen atoms in total. The summed E-state index contributed by atoms with van der Waals surface area (Å²) in [6.45, 7) is 8.10. The molecular weight excluding hydrogens is 438 g/mol. The monoisotopic (exact) mass is 469 g/mol. The zero-order chi connectivity index (χ0) is 23.1. The average molecular weight is 470 g/mol. The third kappa shape index (κ3) is 4.56. The number of likely N-dealkylation sites (tertiary alicyclic amines) is 2. The fraction of sp³-hybridized carbons (Fsp3) is 0.538. The van der Waals surface area contributed by atoms with Crippen molar-refractivity contribution >= 4 is 29.1 Å². The minimum atomic E-state index is 0.00369. The van der Waals surface area contributed by atoms with E-state index in [1.165, 1.54) is 0 Å². The maximum atomic E-state index is 13.3. The van der Waals surface area contributed by atoms with Crippen LogP contribution in [0.25, 0.3) is 0 Å². The molecule has 3 aliphatic rings. The highest BCUT2D eigenvalue weighted by Gasteiger charge is 2.42. The molecule has 1 N–H and O–H groups in total. The highest BCUT2D eigenvalue weighted by molar-refractivity contribution is 6.31. The van der Waals surface area contributed by atoms with Gasteiger partial charge in [0.15, 0.2) is 0 Å². The molecule has 2 atom stereocenters. The highest BCUT2D eigenvalue weighted by atomic mass is 35.5. The number of benzene rings is 1. The Labute approximate surface area is 200 Å². The first-order valence-corrected chi connectivity index (χ1v) is 12.5. The summed E-state index contributed by atoms with van der Waals surface area (Å²) < 4.78 is 5.94. The Morgan fingerprint density at radius 2 is 1.82 bits per heavy atom. The van der Waals surface area contributed by atoms with E-state index in [2.05, 4.69) is 10.2 Å². The van der Waals surface area contributed by atoms with Crippen molar-refractivity contribution in [3.63, 3.8) is 0 Å². The number of hydrogen-bond acceptors (Lipinski definition) is 4. The summed E-state index contributed by atoms with van der Waals surface area (Å²) in [6.07, 6.45) is 4.65. The fourth-order valence-corrected chi connectivity index (χ4v) is 5.91. The van der Waals surface area contributed by atoms with Crippen molar-refractivity contribution in [3.05, 3.63) is 51.4 Å². The topological polar surface area (TPSA) is 65.8 Å². The number of halogens is 1. The van der Waals surface area contributed by atoms with E-state index in [9.17, 15) is 9.59 Å². The predicted octanol–water partition coefficient (Wildman–Crippen LogP) is 4.46. The summed E-state index contributed by atoms with van der Waals surface area (Å²) in [7, 11) is 0. The van der Waals surface area contributed by atoms with Crippen LogP contribution in [0, 0.1) is 25.7 Å². The summed E-state index contributed by atoms with van der Waals surface area (Å²) in [5.74, 6) is 2.93. The number of fused-ring (bicyclic) bond motifs is 2. The summed E-state index contributed by atoms with van der Waals surface area (Å²) in [6, 6.07) is 5.58. The van der Waals surface area contributed by atoms with Crippen molar-refractivity contribution in [1.29, 1.82) is 0 Å². The molecule has 0 spiro atoms. The Morgan fingerprint density at radius 3 is 2.55 bits per heavy atom. The normalized spacial score (nSPS) is 22.3. The van der Waals surface area contributed by atoms with E-state index in [0.717, 1.165) is 92.3 Å². The van der Waals surface area contributed by atoms with E-state index in [4.69, 9.17) is 16.0 Å². The van der Waals surface area contributed by atoms with Crippen LogP contribution in [0.4, 0.5) is 5.69 Å². The van der Waals surface area contributed by atoms with Gasteiger partial charge in [-0.05, 0) is 62.6 Å². The van der Waals surface area contributed by atoms with Gasteiger partial charge in [-0.3, -0.25) is 9.59 Å². The SMILES string of the molecule is Cc1ccc(NC(=O)CCN2CC3CN(C(=O)c4c(C)oc5c4CCCC5)CC3C2)cc1Cl. The highest BCUT2D eigenvalue weighted by Crippen LogP contribution is 2.35. The standard InChI is InChI=1S/C26H32ClN3O3/c1-16-7-8-20(11-22(16)27)28-24(31)9-10-29-12-18-14-30(15-19(18)13-29)26(32)25-17(2)33-23-6-4-3-5-21(23)25/h7-8,11,18-19H,3-6,9-10,12-15H2,1-2H3,(H,28,31). The van der Waals surface area contributed by atoms with Crippen LogP contribution in [0.15, 0.2) is 22.6 Å². The molecule has 1 aliphatic carbocycles. The smallest absolute Gasteiger partial charge is 0.257 e. The summed E-state index contributed by atoms with van der Waals surface area (Å²) in [5.41, 5.74) is 3.71. The third-order valence-corrected chi connectivity index (χ3v) is 7.93. The predicted molar refractivity (Wildman–Crippen MR) is 129 cm³/mol. The van der Waals surface area contributed by atoms with Gasteiger partial charge in [0.1, 0.15) is 11.5 Å². The second-order valence-corrected chi connectivity index (χ2v) is 10.3. The number of amides is 2. The molecule has 0 saturated carbocycles. The number of anilines is 1. The zero-order valence-electron chi connectivity index (χ0n) is 19.5. The number of nitrogens with one attached hydrogen (secondary N) is 1. The Hall–Kier alpha value is -2.31. The summed E-state index contributed by atoms with van der Waals surface area (Å²) in [5, 5.41) is 3.60. The van der Waals surface area contributed by atoms with E-state index in [0.29, 0.717) is 23.3 Å². The Bertz CT molecular complexity index is 1060. The number of carbonyl (C=O) groups excluding carboxylic acids is 2. The third-order valence-electron chi connectivity index (χ3n) is 7.52. The van der Waals surface area contributed by atoms with Gasteiger partial charge in [-0.2, -0.15) is 0 Å². The minimum Gasteiger partial charge on any atom is -0.465 e. The van der Waals surface area contributed by atoms with Crippen LogP contribution >= 0.6 is 11.6 Å². The van der Waals surface area contributed by atoms with Crippen LogP contribution in [0.3, 0.4) is 0 Å². The molecule has 2 aromatic rings. The lowest BCUT2D eigenvalue weighted by Crippen LogP contribution is -2.34. The Morgan fingerprint density at radius 1 is 1.09 bits per heavy atom. The first-order valence-electron chi connectivity index (χ1n) is 12.1. The number of furan rings is 1. The van der Waals surface area contributed by atoms with E-state index in [-0.39, 0.29) is 11.8 Å². The quantitative estimate of drug-likeness (QED) is 0.702. The van der Waals surface area contributed by atoms with Crippen LogP contribution in [-0.2, 0) is 17.6 Å². The molecule has 7 heteroatoms. The van der Waals surface area contributed by atoms with Gasteiger partial charge in [-0.25, -0.2) is 0 Å². The van der Waals surface area contributed by atoms with E-state index < -0.39 is 0 Å². The van der Waals surface area contributed by atoms with Gasteiger partial charge < -0.3 is 19.5 Å². The molecule has 1 aromatic carbocycles. The fourth-order valence-electron chi connectivity index (χ4n) is 5.73. The number of aryl methyl sites for hydroxylation is 3. The molecule has 2 aliphatic heterocycles. The first-order chi connectivity index (χ1) is 15.9. The zero-order valence-corrected chi connectivity index (χ0v) is 20.2. The van der Waals surface area contributed by atoms with Crippen molar-refractivity contribution in [2.45, 2.75) is 46.0 Å². The maximum absolute atomic E-state index is 13.3. The number of rotatable bonds is 5. The lowest BCUT2D eigenvalue weighted by atomic mass is 9.94. The second-order valence-electron chi connectivity index (χ2n) is 9.89. The van der Waals surface area contributed by atoms with Crippen LogP contribution in [-0.4, -0.2) is 54.3 Å². The molecule has 2 amide bonds. The molecule has 0 bridgehead atoms. The molecular formula is C26H32ClN3O3. The summed E-state index contributed by atoms with van der Waals surface area (Å²) >= 11 is 6.15. The molecule has 2 fully saturated rings. The molecule has 2 unspecified atom stereocenters. The van der Waals surface area contributed by atoms with Crippen molar-refractivity contribution in [2.24, 2.45) is 11.8 Å². The van der Waals surface area contributed by atoms with Crippen LogP contribution in [0.1, 0.15) is 52.3 Å². The molecule has 5 rings (SSSR count). The van der Waals surface area contributed by atoms with Gasteiger partial charge in [0.05, 0.1) is 5.56 Å². The van der Waals surface area contributed by atoms with Crippen molar-refractivity contribution in [1.82, 2.24) is 9.80 Å². The number of carbonyl (C=O) groups is 2. The largest absolute Gasteiger partial charge is 0.465 e. The van der Waals surface area contributed by atoms with Gasteiger partial charge in [0, 0.05) is 61.8 Å². The van der Waals surface area contributed by atoms with Gasteiger partial charge in [0.2, 0.25) is 5.91 Å². The Kier molecular flexibility index (Phi) is 6.23. The molecule has 2 saturated heterocycles. The Balaban J connectivity index is 1.12. The second kappa shape index (κ2) is 9.15. The maximum Gasteiger partial charge on any atom is 0.257 e. The van der Waals surface area contributed by atoms with Crippen molar-refractivity contribution in [2.75, 3.05) is 38.0 Å². The summed E-state index contributed by atoms with van der Waals surface area (Å²) in [4.78, 5) is 30.1. The average Bonchev–Trinajstić information content (AvgIpc) is 3.45. The molecule has 0 radical (unpaired) electrons. The van der Waals surface area contributed by atoms with Crippen molar-refractivity contribution < 1.29 is 14.0 Å². The van der Waals surface area contributed by atoms with Gasteiger partial charge >= 0.3 is 0 Å². The van der Waals surface area contributed by atoms with Gasteiger partial charge in [-0.15, -0.1) is 0 Å². The first kappa shape index (κ1) is 22.5. The van der Waals surface area contributed by atoms with Crippen LogP contribution in [0.5, 0.6) is 0 Å². The lowest BCUT2D eigenvalue weighted by Gasteiger charge is -2.22. The van der Waals surface area contributed by atoms with Gasteiger partial charge in [-0.1, -0.05) is 17.7 Å². The lowest BCUT2D eigenvalue weighted by molar-refractivity contribution is -0.116. The van der Waals surface area contributed by atoms with Crippen LogP contribution < -0.4 is 5.32 Å². The molecule has 33 heavy (non-hydrogen) atoms. The van der Waals surface area contributed by atoms with E-state index in [1.807, 2.05) is 30.9 Å². The number of nitrogens with zero attached hydrogens (tertiary/aromatic N) is 2. The van der Waals surface area contributed by atoms with E-state index in [1.54, 1.807) is 6.07 Å². The van der Waals surface area contributed by atoms with E-state index >= 15 is 0 Å². The minimum absolute atomic E-state index is 0.00369. The molecule has 3 heterocycles. The van der Waals surface area contributed by atoms with Crippen molar-refractivity contribution in [3.8, 4) is 0 Å².